The van der Waals surface area contributed by atoms with E-state index in [2.05, 4.69) is 0 Å². The van der Waals surface area contributed by atoms with Gasteiger partial charge < -0.3 is 9.47 Å². The van der Waals surface area contributed by atoms with Crippen molar-refractivity contribution in [2.45, 2.75) is 46.1 Å². The summed E-state index contributed by atoms with van der Waals surface area (Å²) in [7, 11) is 0. The molecule has 1 saturated heterocycles. The molecular weight excluding hydrogens is 260 g/mol. The number of carbonyl (C=O) groups is 3. The van der Waals surface area contributed by atoms with Crippen molar-refractivity contribution in [3.8, 4) is 0 Å². The third-order valence-corrected chi connectivity index (χ3v) is 4.07. The fraction of sp³-hybridized carbons (Fsp3) is 0.800. The predicted molar refractivity (Wildman–Crippen MR) is 71.0 cm³/mol. The molecule has 2 aliphatic rings. The first-order chi connectivity index (χ1) is 9.35. The number of hydrogen-bond donors (Lipinski definition) is 0. The maximum absolute atomic E-state index is 12.1. The van der Waals surface area contributed by atoms with Gasteiger partial charge in [0, 0.05) is 18.9 Å². The van der Waals surface area contributed by atoms with Gasteiger partial charge in [-0.15, -0.1) is 0 Å². The van der Waals surface area contributed by atoms with Gasteiger partial charge in [-0.3, -0.25) is 14.4 Å². The molecule has 2 rings (SSSR count). The van der Waals surface area contributed by atoms with Crippen LogP contribution in [0.25, 0.3) is 0 Å². The highest BCUT2D eigenvalue weighted by molar-refractivity contribution is 6.14. The van der Waals surface area contributed by atoms with Gasteiger partial charge in [-0.2, -0.15) is 0 Å². The Kier molecular flexibility index (Phi) is 4.28. The Morgan fingerprint density at radius 3 is 2.65 bits per heavy atom. The molecule has 0 aromatic rings. The van der Waals surface area contributed by atoms with Gasteiger partial charge in [-0.25, -0.2) is 0 Å². The van der Waals surface area contributed by atoms with Gasteiger partial charge in [-0.05, 0) is 12.3 Å². The Balaban J connectivity index is 2.01. The Bertz CT molecular complexity index is 428. The molecule has 2 fully saturated rings. The normalized spacial score (nSPS) is 34.1. The molecule has 0 aromatic heterocycles. The highest BCUT2D eigenvalue weighted by Crippen LogP contribution is 2.44. The second-order valence-electron chi connectivity index (χ2n) is 6.42. The molecule has 112 valence electrons. The molecule has 1 aliphatic heterocycles. The van der Waals surface area contributed by atoms with Gasteiger partial charge >= 0.3 is 5.97 Å². The smallest absolute Gasteiger partial charge is 0.320 e. The molecule has 5 heteroatoms. The van der Waals surface area contributed by atoms with Crippen LogP contribution < -0.4 is 0 Å². The molecule has 0 N–H and O–H groups in total. The van der Waals surface area contributed by atoms with Crippen molar-refractivity contribution in [2.75, 3.05) is 13.2 Å². The second kappa shape index (κ2) is 5.64. The number of Topliss-reactive ketones (excluding diaryl/α,β-unsaturated/α-hetero) is 2. The fourth-order valence-corrected chi connectivity index (χ4v) is 2.95. The number of ether oxygens (including phenoxy) is 2. The van der Waals surface area contributed by atoms with E-state index in [1.807, 2.05) is 13.8 Å². The van der Waals surface area contributed by atoms with Gasteiger partial charge in [0.15, 0.2) is 5.78 Å². The third-order valence-electron chi connectivity index (χ3n) is 4.07. The summed E-state index contributed by atoms with van der Waals surface area (Å²) in [5.74, 6) is -0.671. The van der Waals surface area contributed by atoms with Crippen LogP contribution in [-0.2, 0) is 23.9 Å². The summed E-state index contributed by atoms with van der Waals surface area (Å²) in [6.07, 6.45) is 0.117. The summed E-state index contributed by atoms with van der Waals surface area (Å²) in [4.78, 5) is 35.8. The molecule has 0 radical (unpaired) electrons. The van der Waals surface area contributed by atoms with Gasteiger partial charge in [-0.1, -0.05) is 20.8 Å². The van der Waals surface area contributed by atoms with E-state index < -0.39 is 11.4 Å². The number of rotatable bonds is 4. The Morgan fingerprint density at radius 2 is 2.00 bits per heavy atom. The average Bonchev–Trinajstić information content (AvgIpc) is 2.64. The van der Waals surface area contributed by atoms with E-state index in [1.54, 1.807) is 6.92 Å². The molecule has 0 unspecified atom stereocenters. The Hall–Kier alpha value is -1.23. The zero-order chi connectivity index (χ0) is 14.9. The SMILES string of the molecule is CC(C)COC[C@@H]1C[C@]2(C[C@@H](C)C(=O)CC2=O)C(=O)O1. The van der Waals surface area contributed by atoms with Crippen LogP contribution >= 0.6 is 0 Å². The van der Waals surface area contributed by atoms with Gasteiger partial charge in [0.2, 0.25) is 0 Å². The largest absolute Gasteiger partial charge is 0.459 e. The fourth-order valence-electron chi connectivity index (χ4n) is 2.95. The number of cyclic esters (lactones) is 1. The van der Waals surface area contributed by atoms with E-state index in [-0.39, 0.29) is 36.4 Å². The summed E-state index contributed by atoms with van der Waals surface area (Å²) >= 11 is 0. The minimum absolute atomic E-state index is 0.0760. The van der Waals surface area contributed by atoms with Crippen molar-refractivity contribution < 1.29 is 23.9 Å². The molecular formula is C15H22O5. The van der Waals surface area contributed by atoms with Crippen molar-refractivity contribution >= 4 is 17.5 Å². The first kappa shape index (κ1) is 15.2. The van der Waals surface area contributed by atoms with E-state index >= 15 is 0 Å². The van der Waals surface area contributed by atoms with Crippen LogP contribution in [0.1, 0.15) is 40.0 Å². The van der Waals surface area contributed by atoms with Crippen molar-refractivity contribution in [1.82, 2.24) is 0 Å². The maximum atomic E-state index is 12.1. The molecule has 0 aromatic carbocycles. The highest BCUT2D eigenvalue weighted by atomic mass is 16.6. The zero-order valence-corrected chi connectivity index (χ0v) is 12.3. The molecule has 1 heterocycles. The van der Waals surface area contributed by atoms with Crippen molar-refractivity contribution in [3.05, 3.63) is 0 Å². The molecule has 1 saturated carbocycles. The Labute approximate surface area is 119 Å². The number of ketones is 2. The highest BCUT2D eigenvalue weighted by Gasteiger charge is 2.57. The summed E-state index contributed by atoms with van der Waals surface area (Å²) in [6, 6.07) is 0. The van der Waals surface area contributed by atoms with E-state index in [0.717, 1.165) is 0 Å². The van der Waals surface area contributed by atoms with Crippen molar-refractivity contribution in [1.29, 1.82) is 0 Å². The van der Waals surface area contributed by atoms with Crippen molar-refractivity contribution in [2.24, 2.45) is 17.3 Å². The molecule has 0 bridgehead atoms. The minimum Gasteiger partial charge on any atom is -0.459 e. The molecule has 20 heavy (non-hydrogen) atoms. The van der Waals surface area contributed by atoms with E-state index in [9.17, 15) is 14.4 Å². The topological polar surface area (TPSA) is 69.7 Å². The van der Waals surface area contributed by atoms with Crippen LogP contribution in [0.3, 0.4) is 0 Å². The minimum atomic E-state index is -1.10. The Morgan fingerprint density at radius 1 is 1.30 bits per heavy atom. The quantitative estimate of drug-likeness (QED) is 0.577. The first-order valence-corrected chi connectivity index (χ1v) is 7.20. The summed E-state index contributed by atoms with van der Waals surface area (Å²) < 4.78 is 10.8. The number of esters is 1. The van der Waals surface area contributed by atoms with E-state index in [4.69, 9.17) is 9.47 Å². The molecule has 5 nitrogen and oxygen atoms in total. The summed E-state index contributed by atoms with van der Waals surface area (Å²) in [5, 5.41) is 0. The molecule has 0 amide bonds. The molecule has 1 spiro atoms. The lowest BCUT2D eigenvalue weighted by atomic mass is 9.67. The van der Waals surface area contributed by atoms with Gasteiger partial charge in [0.05, 0.1) is 13.0 Å². The summed E-state index contributed by atoms with van der Waals surface area (Å²) in [5.41, 5.74) is -1.10. The molecule has 1 aliphatic carbocycles. The van der Waals surface area contributed by atoms with Crippen molar-refractivity contribution in [3.63, 3.8) is 0 Å². The van der Waals surface area contributed by atoms with Gasteiger partial charge in [0.1, 0.15) is 17.3 Å². The van der Waals surface area contributed by atoms with Crippen LogP contribution in [0.2, 0.25) is 0 Å². The van der Waals surface area contributed by atoms with E-state index in [1.165, 1.54) is 0 Å². The van der Waals surface area contributed by atoms with Crippen LogP contribution in [0, 0.1) is 17.3 Å². The third kappa shape index (κ3) is 2.77. The standard InChI is InChI=1S/C15H22O5/c1-9(2)7-19-8-11-6-15(14(18)20-11)5-10(3)12(16)4-13(15)17/h9-11H,4-8H2,1-3H3/t10-,11+,15+/m1/s1. The lowest BCUT2D eigenvalue weighted by Gasteiger charge is -2.30. The van der Waals surface area contributed by atoms with Crippen LogP contribution in [0.5, 0.6) is 0 Å². The zero-order valence-electron chi connectivity index (χ0n) is 12.3. The second-order valence-corrected chi connectivity index (χ2v) is 6.42. The van der Waals surface area contributed by atoms with Gasteiger partial charge in [0.25, 0.3) is 0 Å². The lowest BCUT2D eigenvalue weighted by Crippen LogP contribution is -2.44. The first-order valence-electron chi connectivity index (χ1n) is 7.20. The number of carbonyl (C=O) groups excluding carboxylic acids is 3. The lowest BCUT2D eigenvalue weighted by molar-refractivity contribution is -0.157. The maximum Gasteiger partial charge on any atom is 0.320 e. The van der Waals surface area contributed by atoms with Crippen LogP contribution in [0.15, 0.2) is 0 Å². The van der Waals surface area contributed by atoms with Crippen LogP contribution in [0.4, 0.5) is 0 Å². The van der Waals surface area contributed by atoms with Crippen LogP contribution in [-0.4, -0.2) is 36.9 Å². The van der Waals surface area contributed by atoms with E-state index in [0.29, 0.717) is 25.6 Å². The summed E-state index contributed by atoms with van der Waals surface area (Å²) in [6.45, 7) is 6.78. The number of hydrogen-bond acceptors (Lipinski definition) is 5. The predicted octanol–water partition coefficient (Wildman–Crippen LogP) is 1.53. The monoisotopic (exact) mass is 282 g/mol. The average molecular weight is 282 g/mol. The molecule has 3 atom stereocenters.